The largest absolute Gasteiger partial charge is 0.368 e. The van der Waals surface area contributed by atoms with Gasteiger partial charge in [0, 0.05) is 32.0 Å². The molecule has 1 atom stereocenters. The fraction of sp³-hybridized carbons (Fsp3) is 0.600. The number of anilines is 1. The fourth-order valence-corrected chi connectivity index (χ4v) is 3.33. The van der Waals surface area contributed by atoms with E-state index < -0.39 is 0 Å². The summed E-state index contributed by atoms with van der Waals surface area (Å²) in [5.41, 5.74) is 0.409. The Balaban J connectivity index is 1.56. The smallest absolute Gasteiger partial charge is 0.287 e. The van der Waals surface area contributed by atoms with Crippen LogP contribution < -0.4 is 10.5 Å². The van der Waals surface area contributed by atoms with Gasteiger partial charge in [-0.15, -0.1) is 0 Å². The molecule has 0 radical (unpaired) electrons. The van der Waals surface area contributed by atoms with Gasteiger partial charge in [-0.25, -0.2) is 4.68 Å². The molecule has 0 spiro atoms. The third-order valence-electron chi connectivity index (χ3n) is 4.57. The summed E-state index contributed by atoms with van der Waals surface area (Å²) in [5, 5.41) is 8.45. The lowest BCUT2D eigenvalue weighted by Gasteiger charge is -2.33. The van der Waals surface area contributed by atoms with Crippen molar-refractivity contribution in [1.82, 2.24) is 19.9 Å². The highest BCUT2D eigenvalue weighted by molar-refractivity contribution is 6.33. The van der Waals surface area contributed by atoms with Gasteiger partial charge in [0.1, 0.15) is 5.02 Å². The highest BCUT2D eigenvalue weighted by Crippen LogP contribution is 2.40. The van der Waals surface area contributed by atoms with E-state index in [0.29, 0.717) is 11.6 Å². The molecule has 23 heavy (non-hydrogen) atoms. The van der Waals surface area contributed by atoms with Gasteiger partial charge in [0.2, 0.25) is 5.89 Å². The number of halogens is 1. The van der Waals surface area contributed by atoms with Crippen molar-refractivity contribution >= 4 is 17.3 Å². The Morgan fingerprint density at radius 2 is 2.13 bits per heavy atom. The molecule has 0 amide bonds. The fourth-order valence-electron chi connectivity index (χ4n) is 3.04. The van der Waals surface area contributed by atoms with Crippen molar-refractivity contribution in [2.24, 2.45) is 7.05 Å². The lowest BCUT2D eigenvalue weighted by molar-refractivity contribution is 0.366. The van der Waals surface area contributed by atoms with Crippen LogP contribution >= 0.6 is 11.6 Å². The lowest BCUT2D eigenvalue weighted by Crippen LogP contribution is -2.36. The summed E-state index contributed by atoms with van der Waals surface area (Å²) >= 11 is 6.21. The first-order valence-electron chi connectivity index (χ1n) is 7.93. The Bertz CT molecular complexity index is 782. The zero-order valence-electron chi connectivity index (χ0n) is 12.9. The van der Waals surface area contributed by atoms with E-state index in [9.17, 15) is 4.79 Å². The van der Waals surface area contributed by atoms with Crippen LogP contribution in [0.3, 0.4) is 0 Å². The second kappa shape index (κ2) is 5.63. The van der Waals surface area contributed by atoms with Crippen LogP contribution in [-0.4, -0.2) is 33.0 Å². The molecule has 4 rings (SSSR count). The second-order valence-electron chi connectivity index (χ2n) is 6.32. The molecule has 7 nitrogen and oxygen atoms in total. The summed E-state index contributed by atoms with van der Waals surface area (Å²) in [5.74, 6) is 2.20. The third-order valence-corrected chi connectivity index (χ3v) is 4.93. The molecule has 122 valence electrons. The van der Waals surface area contributed by atoms with Crippen LogP contribution in [-0.2, 0) is 7.05 Å². The number of piperidine rings is 1. The van der Waals surface area contributed by atoms with Gasteiger partial charge in [-0.05, 0) is 25.7 Å². The van der Waals surface area contributed by atoms with Gasteiger partial charge in [-0.2, -0.15) is 10.1 Å². The predicted molar refractivity (Wildman–Crippen MR) is 84.9 cm³/mol. The standard InChI is InChI=1S/C15H18ClN5O2/c1-20-15(22)12(16)11(7-17-20)21-6-2-3-10(8-21)13-18-14(23-19-13)9-4-5-9/h7,9-10H,2-6,8H2,1H3. The zero-order valence-corrected chi connectivity index (χ0v) is 13.7. The number of aromatic nitrogens is 4. The Morgan fingerprint density at radius 1 is 1.30 bits per heavy atom. The van der Waals surface area contributed by atoms with Gasteiger partial charge in [-0.1, -0.05) is 16.8 Å². The Labute approximate surface area is 138 Å². The minimum atomic E-state index is -0.276. The number of aryl methyl sites for hydroxylation is 1. The second-order valence-corrected chi connectivity index (χ2v) is 6.70. The highest BCUT2D eigenvalue weighted by atomic mass is 35.5. The molecule has 1 aliphatic heterocycles. The van der Waals surface area contributed by atoms with E-state index in [1.807, 2.05) is 0 Å². The molecule has 0 aromatic carbocycles. The molecule has 1 unspecified atom stereocenters. The van der Waals surface area contributed by atoms with Crippen LogP contribution in [0.25, 0.3) is 0 Å². The molecule has 2 aliphatic rings. The normalized spacial score (nSPS) is 21.7. The average Bonchev–Trinajstić information content (AvgIpc) is 3.30. The van der Waals surface area contributed by atoms with Crippen molar-refractivity contribution in [3.8, 4) is 0 Å². The summed E-state index contributed by atoms with van der Waals surface area (Å²) in [6.45, 7) is 1.57. The predicted octanol–water partition coefficient (Wildman–Crippen LogP) is 2.08. The molecule has 2 fully saturated rings. The van der Waals surface area contributed by atoms with Crippen LogP contribution in [0, 0.1) is 0 Å². The van der Waals surface area contributed by atoms with Crippen LogP contribution in [0.4, 0.5) is 5.69 Å². The van der Waals surface area contributed by atoms with Crippen LogP contribution in [0.15, 0.2) is 15.5 Å². The SMILES string of the molecule is Cn1ncc(N2CCCC(c3noc(C4CC4)n3)C2)c(Cl)c1=O. The summed E-state index contributed by atoms with van der Waals surface area (Å²) in [4.78, 5) is 18.6. The maximum atomic E-state index is 12.0. The van der Waals surface area contributed by atoms with E-state index in [2.05, 4.69) is 20.1 Å². The number of hydrogen-bond acceptors (Lipinski definition) is 6. The number of nitrogens with zero attached hydrogens (tertiary/aromatic N) is 5. The van der Waals surface area contributed by atoms with Gasteiger partial charge in [0.05, 0.1) is 11.9 Å². The molecule has 1 saturated heterocycles. The van der Waals surface area contributed by atoms with E-state index in [4.69, 9.17) is 16.1 Å². The maximum Gasteiger partial charge on any atom is 0.287 e. The van der Waals surface area contributed by atoms with Crippen LogP contribution in [0.5, 0.6) is 0 Å². The minimum absolute atomic E-state index is 0.195. The molecule has 8 heteroatoms. The van der Waals surface area contributed by atoms with Crippen LogP contribution in [0.2, 0.25) is 5.02 Å². The first kappa shape index (κ1) is 14.7. The van der Waals surface area contributed by atoms with E-state index in [0.717, 1.165) is 50.5 Å². The Kier molecular flexibility index (Phi) is 3.60. The van der Waals surface area contributed by atoms with Crippen molar-refractivity contribution < 1.29 is 4.52 Å². The summed E-state index contributed by atoms with van der Waals surface area (Å²) in [7, 11) is 1.59. The van der Waals surface area contributed by atoms with Crippen molar-refractivity contribution in [1.29, 1.82) is 0 Å². The van der Waals surface area contributed by atoms with E-state index in [1.165, 1.54) is 4.68 Å². The van der Waals surface area contributed by atoms with E-state index in [1.54, 1.807) is 13.2 Å². The summed E-state index contributed by atoms with van der Waals surface area (Å²) < 4.78 is 6.61. The van der Waals surface area contributed by atoms with Crippen molar-refractivity contribution in [2.75, 3.05) is 18.0 Å². The molecular formula is C15H18ClN5O2. The van der Waals surface area contributed by atoms with Gasteiger partial charge < -0.3 is 9.42 Å². The van der Waals surface area contributed by atoms with E-state index >= 15 is 0 Å². The maximum absolute atomic E-state index is 12.0. The van der Waals surface area contributed by atoms with E-state index in [-0.39, 0.29) is 16.5 Å². The van der Waals surface area contributed by atoms with Crippen LogP contribution in [0.1, 0.15) is 49.2 Å². The Hall–Kier alpha value is -1.89. The lowest BCUT2D eigenvalue weighted by atomic mass is 9.97. The molecular weight excluding hydrogens is 318 g/mol. The number of rotatable bonds is 3. The van der Waals surface area contributed by atoms with Gasteiger partial charge in [0.25, 0.3) is 5.56 Å². The van der Waals surface area contributed by atoms with Crippen molar-refractivity contribution in [3.63, 3.8) is 0 Å². The third kappa shape index (κ3) is 2.73. The monoisotopic (exact) mass is 335 g/mol. The minimum Gasteiger partial charge on any atom is -0.368 e. The zero-order chi connectivity index (χ0) is 16.0. The first-order chi connectivity index (χ1) is 11.1. The van der Waals surface area contributed by atoms with Gasteiger partial charge in [-0.3, -0.25) is 4.79 Å². The van der Waals surface area contributed by atoms with Gasteiger partial charge >= 0.3 is 0 Å². The topological polar surface area (TPSA) is 77.1 Å². The average molecular weight is 336 g/mol. The highest BCUT2D eigenvalue weighted by Gasteiger charge is 2.32. The van der Waals surface area contributed by atoms with Gasteiger partial charge in [0.15, 0.2) is 5.82 Å². The molecule has 2 aromatic heterocycles. The summed E-state index contributed by atoms with van der Waals surface area (Å²) in [6, 6.07) is 0. The number of hydrogen-bond donors (Lipinski definition) is 0. The molecule has 1 saturated carbocycles. The summed E-state index contributed by atoms with van der Waals surface area (Å²) in [6.07, 6.45) is 5.94. The first-order valence-corrected chi connectivity index (χ1v) is 8.31. The molecule has 0 N–H and O–H groups in total. The Morgan fingerprint density at radius 3 is 2.91 bits per heavy atom. The molecule has 1 aliphatic carbocycles. The molecule has 0 bridgehead atoms. The molecule has 3 heterocycles. The van der Waals surface area contributed by atoms with Crippen molar-refractivity contribution in [2.45, 2.75) is 37.5 Å². The van der Waals surface area contributed by atoms with Crippen molar-refractivity contribution in [3.05, 3.63) is 33.3 Å². The quantitative estimate of drug-likeness (QED) is 0.854. The molecule has 2 aromatic rings.